The average molecular weight is 460 g/mol. The van der Waals surface area contributed by atoms with Gasteiger partial charge >= 0.3 is 0 Å². The lowest BCUT2D eigenvalue weighted by Crippen LogP contribution is -1.85. The maximum absolute atomic E-state index is 5.71. The molecule has 0 aromatic carbocycles. The lowest BCUT2D eigenvalue weighted by Gasteiger charge is -2.04. The van der Waals surface area contributed by atoms with Crippen LogP contribution in [-0.4, -0.2) is 5.88 Å². The van der Waals surface area contributed by atoms with Gasteiger partial charge in [-0.05, 0) is 6.42 Å². The number of halogens is 1. The fraction of sp³-hybridized carbons (Fsp3) is 1.00. The largest absolute Gasteiger partial charge is 0.344 e. The SMILES string of the molecule is CCCCCCCCCCCCCCCCCCCCCCCCCCCCCCl.N. The summed E-state index contributed by atoms with van der Waals surface area (Å²) in [4.78, 5) is 0. The molecule has 3 N–H and O–H groups in total. The van der Waals surface area contributed by atoms with E-state index in [0.717, 1.165) is 5.88 Å². The third-order valence-corrected chi connectivity index (χ3v) is 7.00. The molecular formula is C29H62ClN. The first-order valence-corrected chi connectivity index (χ1v) is 15.0. The highest BCUT2D eigenvalue weighted by atomic mass is 35.5. The maximum atomic E-state index is 5.71. The van der Waals surface area contributed by atoms with Gasteiger partial charge in [-0.15, -0.1) is 11.6 Å². The average Bonchev–Trinajstić information content (AvgIpc) is 2.76. The molecule has 0 aromatic rings. The zero-order valence-electron chi connectivity index (χ0n) is 21.9. The minimum absolute atomic E-state index is 0. The van der Waals surface area contributed by atoms with E-state index >= 15 is 0 Å². The topological polar surface area (TPSA) is 35.0 Å². The molecule has 0 spiro atoms. The van der Waals surface area contributed by atoms with Crippen molar-refractivity contribution in [1.29, 1.82) is 0 Å². The molecule has 0 saturated carbocycles. The number of hydrogen-bond donors (Lipinski definition) is 1. The predicted octanol–water partition coefficient (Wildman–Crippen LogP) is 11.9. The van der Waals surface area contributed by atoms with Crippen LogP contribution in [0.15, 0.2) is 0 Å². The quantitative estimate of drug-likeness (QED) is 0.0960. The van der Waals surface area contributed by atoms with Crippen molar-refractivity contribution in [3.05, 3.63) is 0 Å². The van der Waals surface area contributed by atoms with Gasteiger partial charge in [-0.25, -0.2) is 0 Å². The molecule has 0 unspecified atom stereocenters. The normalized spacial score (nSPS) is 11.0. The van der Waals surface area contributed by atoms with E-state index in [0.29, 0.717) is 0 Å². The third kappa shape index (κ3) is 32.5. The molecule has 0 atom stereocenters. The summed E-state index contributed by atoms with van der Waals surface area (Å²) >= 11 is 5.71. The first-order valence-electron chi connectivity index (χ1n) is 14.5. The fourth-order valence-corrected chi connectivity index (χ4v) is 4.78. The van der Waals surface area contributed by atoms with Crippen molar-refractivity contribution in [2.24, 2.45) is 0 Å². The van der Waals surface area contributed by atoms with Gasteiger partial charge < -0.3 is 6.15 Å². The Bertz CT molecular complexity index is 254. The number of alkyl halides is 1. The van der Waals surface area contributed by atoms with Crippen LogP contribution in [0.2, 0.25) is 0 Å². The fourth-order valence-electron chi connectivity index (χ4n) is 4.59. The van der Waals surface area contributed by atoms with Crippen LogP contribution in [0.25, 0.3) is 0 Å². The Balaban J connectivity index is 0. The Labute approximate surface area is 203 Å². The van der Waals surface area contributed by atoms with Gasteiger partial charge in [0, 0.05) is 5.88 Å². The molecule has 0 aromatic heterocycles. The molecule has 31 heavy (non-hydrogen) atoms. The van der Waals surface area contributed by atoms with Gasteiger partial charge in [0.1, 0.15) is 0 Å². The minimum Gasteiger partial charge on any atom is -0.344 e. The van der Waals surface area contributed by atoms with E-state index in [2.05, 4.69) is 6.92 Å². The van der Waals surface area contributed by atoms with Gasteiger partial charge in [-0.1, -0.05) is 174 Å². The Kier molecular flexibility index (Phi) is 35.0. The second-order valence-corrected chi connectivity index (χ2v) is 10.3. The molecule has 0 saturated heterocycles. The molecule has 0 bridgehead atoms. The third-order valence-electron chi connectivity index (χ3n) is 6.74. The van der Waals surface area contributed by atoms with Gasteiger partial charge in [0.25, 0.3) is 0 Å². The van der Waals surface area contributed by atoms with E-state index in [-0.39, 0.29) is 6.15 Å². The summed E-state index contributed by atoms with van der Waals surface area (Å²) in [5, 5.41) is 0. The Morgan fingerprint density at radius 3 is 0.613 bits per heavy atom. The van der Waals surface area contributed by atoms with Gasteiger partial charge in [0.2, 0.25) is 0 Å². The van der Waals surface area contributed by atoms with E-state index < -0.39 is 0 Å². The summed E-state index contributed by atoms with van der Waals surface area (Å²) in [7, 11) is 0. The number of rotatable bonds is 27. The van der Waals surface area contributed by atoms with Crippen molar-refractivity contribution >= 4 is 11.6 Å². The van der Waals surface area contributed by atoms with E-state index in [1.165, 1.54) is 173 Å². The highest BCUT2D eigenvalue weighted by molar-refractivity contribution is 6.17. The summed E-state index contributed by atoms with van der Waals surface area (Å²) in [6, 6.07) is 0. The second kappa shape index (κ2) is 32.4. The van der Waals surface area contributed by atoms with Crippen LogP contribution in [0, 0.1) is 0 Å². The van der Waals surface area contributed by atoms with Crippen molar-refractivity contribution in [1.82, 2.24) is 6.15 Å². The summed E-state index contributed by atoms with van der Waals surface area (Å²) in [6.07, 6.45) is 39.3. The first kappa shape index (κ1) is 33.4. The Morgan fingerprint density at radius 2 is 0.452 bits per heavy atom. The van der Waals surface area contributed by atoms with E-state index in [4.69, 9.17) is 11.6 Å². The molecule has 0 rings (SSSR count). The van der Waals surface area contributed by atoms with Crippen molar-refractivity contribution in [2.75, 3.05) is 5.88 Å². The molecule has 1 nitrogen and oxygen atoms in total. The Morgan fingerprint density at radius 1 is 0.290 bits per heavy atom. The van der Waals surface area contributed by atoms with Crippen molar-refractivity contribution in [3.8, 4) is 0 Å². The van der Waals surface area contributed by atoms with Crippen molar-refractivity contribution in [2.45, 2.75) is 180 Å². The summed E-state index contributed by atoms with van der Waals surface area (Å²) in [5.74, 6) is 0.847. The molecule has 0 aliphatic heterocycles. The van der Waals surface area contributed by atoms with Crippen LogP contribution >= 0.6 is 11.6 Å². The standard InChI is InChI=1S/C29H59Cl.H3N/c1-2-3-4-5-6-7-8-9-10-11-12-13-14-15-16-17-18-19-20-21-22-23-24-25-26-27-28-29-30;/h2-29H2,1H3;1H3. The van der Waals surface area contributed by atoms with Crippen LogP contribution < -0.4 is 6.15 Å². The molecule has 0 aliphatic carbocycles. The molecule has 0 heterocycles. The van der Waals surface area contributed by atoms with Crippen LogP contribution in [-0.2, 0) is 0 Å². The van der Waals surface area contributed by atoms with Gasteiger partial charge in [0.05, 0.1) is 0 Å². The highest BCUT2D eigenvalue weighted by Crippen LogP contribution is 2.16. The smallest absolute Gasteiger partial charge is 0.0223 e. The molecule has 190 valence electrons. The summed E-state index contributed by atoms with van der Waals surface area (Å²) < 4.78 is 0. The van der Waals surface area contributed by atoms with Gasteiger partial charge in [0.15, 0.2) is 0 Å². The number of hydrogen-bond acceptors (Lipinski definition) is 1. The second-order valence-electron chi connectivity index (χ2n) is 9.88. The monoisotopic (exact) mass is 459 g/mol. The lowest BCUT2D eigenvalue weighted by atomic mass is 10.0. The molecule has 0 fully saturated rings. The van der Waals surface area contributed by atoms with Crippen LogP contribution in [0.3, 0.4) is 0 Å². The predicted molar refractivity (Wildman–Crippen MR) is 146 cm³/mol. The Hall–Kier alpha value is 0.250. The molecular weight excluding hydrogens is 398 g/mol. The highest BCUT2D eigenvalue weighted by Gasteiger charge is 1.96. The van der Waals surface area contributed by atoms with Gasteiger partial charge in [-0.3, -0.25) is 0 Å². The summed E-state index contributed by atoms with van der Waals surface area (Å²) in [6.45, 7) is 2.30. The van der Waals surface area contributed by atoms with E-state index in [1.807, 2.05) is 0 Å². The molecule has 0 amide bonds. The first-order chi connectivity index (χ1) is 14.9. The summed E-state index contributed by atoms with van der Waals surface area (Å²) in [5.41, 5.74) is 0. The number of unbranched alkanes of at least 4 members (excludes halogenated alkanes) is 26. The molecule has 2 heteroatoms. The van der Waals surface area contributed by atoms with Crippen LogP contribution in [0.1, 0.15) is 180 Å². The van der Waals surface area contributed by atoms with Crippen LogP contribution in [0.4, 0.5) is 0 Å². The zero-order valence-corrected chi connectivity index (χ0v) is 22.6. The van der Waals surface area contributed by atoms with E-state index in [1.54, 1.807) is 0 Å². The zero-order chi connectivity index (χ0) is 21.8. The maximum Gasteiger partial charge on any atom is 0.0223 e. The van der Waals surface area contributed by atoms with Crippen molar-refractivity contribution in [3.63, 3.8) is 0 Å². The molecule has 0 aliphatic rings. The minimum atomic E-state index is 0. The van der Waals surface area contributed by atoms with E-state index in [9.17, 15) is 0 Å². The van der Waals surface area contributed by atoms with Crippen molar-refractivity contribution < 1.29 is 0 Å². The molecule has 0 radical (unpaired) electrons. The lowest BCUT2D eigenvalue weighted by molar-refractivity contribution is 0.515. The van der Waals surface area contributed by atoms with Crippen LogP contribution in [0.5, 0.6) is 0 Å². The van der Waals surface area contributed by atoms with Gasteiger partial charge in [-0.2, -0.15) is 0 Å².